The monoisotopic (exact) mass is 491 g/mol. The molecule has 1 aliphatic heterocycles. The zero-order valence-electron chi connectivity index (χ0n) is 19.6. The van der Waals surface area contributed by atoms with Gasteiger partial charge in [0.15, 0.2) is 12.8 Å². The number of nitriles is 1. The molecule has 6 aromatic rings. The number of fused-ring (bicyclic) bond motifs is 7. The van der Waals surface area contributed by atoms with E-state index in [9.17, 15) is 5.26 Å². The number of rotatable bonds is 2. The van der Waals surface area contributed by atoms with E-state index in [0.717, 1.165) is 48.8 Å². The Bertz CT molecular complexity index is 2010. The summed E-state index contributed by atoms with van der Waals surface area (Å²) in [6, 6.07) is 37.3. The van der Waals surface area contributed by atoms with E-state index in [-0.39, 0.29) is 0 Å². The fraction of sp³-hybridized carbons (Fsp3) is 0. The van der Waals surface area contributed by atoms with Gasteiger partial charge in [-0.1, -0.05) is 84.9 Å². The number of para-hydroxylation sites is 1. The Balaban J connectivity index is 1.72. The molecule has 0 N–H and O–H groups in total. The minimum Gasteiger partial charge on any atom is -0.310 e. The number of hydrogen-bond acceptors (Lipinski definition) is 2. The summed E-state index contributed by atoms with van der Waals surface area (Å²) in [6.07, 6.45) is 0. The highest BCUT2D eigenvalue weighted by Crippen LogP contribution is 2.54. The molecule has 0 aliphatic carbocycles. The molecule has 7 rings (SSSR count). The summed E-state index contributed by atoms with van der Waals surface area (Å²) in [6.45, 7) is 7.61. The predicted octanol–water partition coefficient (Wildman–Crippen LogP) is 6.83. The summed E-state index contributed by atoms with van der Waals surface area (Å²) in [5.41, 5.74) is 5.25. The lowest BCUT2D eigenvalue weighted by Gasteiger charge is -2.19. The molecule has 0 saturated carbocycles. The molecule has 5 aromatic carbocycles. The fourth-order valence-electron chi connectivity index (χ4n) is 5.70. The van der Waals surface area contributed by atoms with Gasteiger partial charge < -0.3 is 9.13 Å². The molecule has 4 nitrogen and oxygen atoms in total. The van der Waals surface area contributed by atoms with Crippen LogP contribution in [0.4, 0.5) is 5.69 Å². The topological polar surface area (TPSA) is 50.1 Å². The molecule has 1 aliphatic rings. The third-order valence-electron chi connectivity index (χ3n) is 7.20. The molecule has 5 heteroatoms. The summed E-state index contributed by atoms with van der Waals surface area (Å²) in [5, 5.41) is 14.2. The number of nitrogens with zero attached hydrogens (tertiary/aromatic N) is 3. The van der Waals surface area contributed by atoms with Gasteiger partial charge in [0.25, 0.3) is 0 Å². The summed E-state index contributed by atoms with van der Waals surface area (Å²) in [7, 11) is -3.23. The smallest absolute Gasteiger partial charge is 0.190 e. The van der Waals surface area contributed by atoms with Gasteiger partial charge in [-0.2, -0.15) is 5.26 Å². The highest BCUT2D eigenvalue weighted by Gasteiger charge is 2.42. The van der Waals surface area contributed by atoms with E-state index >= 15 is 4.57 Å². The van der Waals surface area contributed by atoms with Crippen LogP contribution in [0.1, 0.15) is 5.56 Å². The molecule has 1 aromatic heterocycles. The molecule has 37 heavy (non-hydrogen) atoms. The molecule has 172 valence electrons. The molecule has 1 unspecified atom stereocenters. The van der Waals surface area contributed by atoms with Crippen molar-refractivity contribution in [2.24, 2.45) is 0 Å². The summed E-state index contributed by atoms with van der Waals surface area (Å²) < 4.78 is 17.5. The normalized spacial score (nSPS) is 15.7. The second kappa shape index (κ2) is 7.81. The van der Waals surface area contributed by atoms with Gasteiger partial charge >= 0.3 is 0 Å². The maximum atomic E-state index is 15.5. The lowest BCUT2D eigenvalue weighted by molar-refractivity contribution is 0.593. The average Bonchev–Trinajstić information content (AvgIpc) is 3.44. The van der Waals surface area contributed by atoms with Crippen LogP contribution in [0.2, 0.25) is 0 Å². The largest absolute Gasteiger partial charge is 0.310 e. The van der Waals surface area contributed by atoms with Crippen LogP contribution >= 0.6 is 7.14 Å². The van der Waals surface area contributed by atoms with Crippen molar-refractivity contribution >= 4 is 50.5 Å². The van der Waals surface area contributed by atoms with Crippen LogP contribution in [0.3, 0.4) is 0 Å². The van der Waals surface area contributed by atoms with Gasteiger partial charge in [0.1, 0.15) is 0 Å². The molecule has 2 heterocycles. The van der Waals surface area contributed by atoms with Crippen molar-refractivity contribution in [2.75, 3.05) is 0 Å². The fourth-order valence-corrected chi connectivity index (χ4v) is 8.95. The number of benzene rings is 5. The average molecular weight is 491 g/mol. The van der Waals surface area contributed by atoms with E-state index in [1.807, 2.05) is 72.8 Å². The van der Waals surface area contributed by atoms with Gasteiger partial charge in [-0.15, -0.1) is 0 Å². The summed E-state index contributed by atoms with van der Waals surface area (Å²) >= 11 is 0. The van der Waals surface area contributed by atoms with Crippen LogP contribution in [0.15, 0.2) is 109 Å². The predicted molar refractivity (Wildman–Crippen MR) is 150 cm³/mol. The van der Waals surface area contributed by atoms with Crippen molar-refractivity contribution in [1.82, 2.24) is 4.57 Å². The van der Waals surface area contributed by atoms with Gasteiger partial charge in [0, 0.05) is 32.6 Å². The van der Waals surface area contributed by atoms with E-state index in [4.69, 9.17) is 6.57 Å². The van der Waals surface area contributed by atoms with Gasteiger partial charge in [-0.25, -0.2) is 4.85 Å². The second-order valence-electron chi connectivity index (χ2n) is 9.13. The first-order valence-electron chi connectivity index (χ1n) is 11.9. The quantitative estimate of drug-likeness (QED) is 0.197. The van der Waals surface area contributed by atoms with E-state index < -0.39 is 7.14 Å². The van der Waals surface area contributed by atoms with Crippen molar-refractivity contribution in [1.29, 1.82) is 5.26 Å². The standard InChI is InChI=1S/C32H18N3OP/c1-34-22-17-21(20-33)18-23(19-22)35-29-13-7-5-11-25(29)27-15-16-28-26-12-6-8-14-30(26)37(36,32(28)31(27)35)24-9-3-2-4-10-24/h2-19H. The van der Waals surface area contributed by atoms with Gasteiger partial charge in [0.05, 0.1) is 29.0 Å². The highest BCUT2D eigenvalue weighted by atomic mass is 31.2. The Hall–Kier alpha value is -4.89. The highest BCUT2D eigenvalue weighted by molar-refractivity contribution is 7.86. The Morgan fingerprint density at radius 2 is 1.54 bits per heavy atom. The zero-order chi connectivity index (χ0) is 25.1. The SMILES string of the molecule is [C-]#[N+]c1cc(C#N)cc(-n2c3ccccc3c3ccc4c(c32)P(=O)(c2ccccc2)c2ccccc2-4)c1. The van der Waals surface area contributed by atoms with E-state index in [0.29, 0.717) is 16.9 Å². The lowest BCUT2D eigenvalue weighted by Crippen LogP contribution is -2.22. The van der Waals surface area contributed by atoms with E-state index in [2.05, 4.69) is 33.7 Å². The molecule has 0 radical (unpaired) electrons. The molecular weight excluding hydrogens is 473 g/mol. The number of aromatic nitrogens is 1. The van der Waals surface area contributed by atoms with Crippen molar-refractivity contribution in [2.45, 2.75) is 0 Å². The summed E-state index contributed by atoms with van der Waals surface area (Å²) in [5.74, 6) is 0. The minimum atomic E-state index is -3.23. The third-order valence-corrected chi connectivity index (χ3v) is 10.4. The zero-order valence-corrected chi connectivity index (χ0v) is 20.5. The maximum Gasteiger partial charge on any atom is 0.190 e. The van der Waals surface area contributed by atoms with Gasteiger partial charge in [-0.05, 0) is 35.4 Å². The van der Waals surface area contributed by atoms with Gasteiger partial charge in [0.2, 0.25) is 0 Å². The molecular formula is C32H18N3OP. The van der Waals surface area contributed by atoms with Crippen LogP contribution in [-0.4, -0.2) is 4.57 Å². The molecule has 0 fully saturated rings. The lowest BCUT2D eigenvalue weighted by atomic mass is 10.0. The van der Waals surface area contributed by atoms with Gasteiger partial charge in [-0.3, -0.25) is 0 Å². The first-order valence-corrected chi connectivity index (χ1v) is 13.6. The Morgan fingerprint density at radius 3 is 2.35 bits per heavy atom. The Morgan fingerprint density at radius 1 is 0.784 bits per heavy atom. The Labute approximate surface area is 213 Å². The summed E-state index contributed by atoms with van der Waals surface area (Å²) in [4.78, 5) is 3.62. The van der Waals surface area contributed by atoms with E-state index in [1.165, 1.54) is 0 Å². The minimum absolute atomic E-state index is 0.391. The van der Waals surface area contributed by atoms with Crippen molar-refractivity contribution in [3.63, 3.8) is 0 Å². The maximum absolute atomic E-state index is 15.5. The van der Waals surface area contributed by atoms with Crippen LogP contribution < -0.4 is 15.9 Å². The first kappa shape index (κ1) is 21.4. The van der Waals surface area contributed by atoms with Crippen molar-refractivity contribution in [3.05, 3.63) is 126 Å². The van der Waals surface area contributed by atoms with Crippen LogP contribution in [0.5, 0.6) is 0 Å². The number of hydrogen-bond donors (Lipinski definition) is 0. The van der Waals surface area contributed by atoms with E-state index in [1.54, 1.807) is 18.2 Å². The second-order valence-corrected chi connectivity index (χ2v) is 11.8. The van der Waals surface area contributed by atoms with Crippen molar-refractivity contribution in [3.8, 4) is 22.9 Å². The van der Waals surface area contributed by atoms with Crippen molar-refractivity contribution < 1.29 is 4.57 Å². The van der Waals surface area contributed by atoms with Crippen LogP contribution in [0, 0.1) is 17.9 Å². The molecule has 0 saturated heterocycles. The molecule has 0 amide bonds. The molecule has 0 bridgehead atoms. The third kappa shape index (κ3) is 2.85. The van der Waals surface area contributed by atoms with Crippen LogP contribution in [0.25, 0.3) is 43.5 Å². The molecule has 1 atom stereocenters. The van der Waals surface area contributed by atoms with Crippen LogP contribution in [-0.2, 0) is 4.57 Å². The molecule has 0 spiro atoms. The Kier molecular flexibility index (Phi) is 4.51. The first-order chi connectivity index (χ1) is 18.1.